The van der Waals surface area contributed by atoms with Gasteiger partial charge in [0.15, 0.2) is 0 Å². The van der Waals surface area contributed by atoms with Crippen LogP contribution in [0.25, 0.3) is 0 Å². The fraction of sp³-hybridized carbons (Fsp3) is 0.647. The monoisotopic (exact) mass is 290 g/mol. The second kappa shape index (κ2) is 6.77. The van der Waals surface area contributed by atoms with Gasteiger partial charge in [-0.15, -0.1) is 0 Å². The SMILES string of the molecule is CCN1CCOC(C(N)CC2CCOc3ccccc32)C1. The number of ether oxygens (including phenoxy) is 2. The first-order valence-electron chi connectivity index (χ1n) is 8.09. The van der Waals surface area contributed by atoms with E-state index in [0.717, 1.165) is 51.4 Å². The van der Waals surface area contributed by atoms with Crippen molar-refractivity contribution in [1.82, 2.24) is 4.90 Å². The Labute approximate surface area is 127 Å². The first kappa shape index (κ1) is 14.8. The Kier molecular flexibility index (Phi) is 4.78. The fourth-order valence-corrected chi connectivity index (χ4v) is 3.42. The molecule has 0 aromatic heterocycles. The topological polar surface area (TPSA) is 47.7 Å². The average Bonchev–Trinajstić information content (AvgIpc) is 2.55. The van der Waals surface area contributed by atoms with E-state index in [4.69, 9.17) is 15.2 Å². The van der Waals surface area contributed by atoms with Crippen LogP contribution in [0.15, 0.2) is 24.3 Å². The number of nitrogens with two attached hydrogens (primary N) is 1. The van der Waals surface area contributed by atoms with Gasteiger partial charge in [-0.2, -0.15) is 0 Å². The van der Waals surface area contributed by atoms with Crippen LogP contribution in [0.4, 0.5) is 0 Å². The zero-order valence-corrected chi connectivity index (χ0v) is 12.8. The van der Waals surface area contributed by atoms with Gasteiger partial charge in [0.25, 0.3) is 0 Å². The van der Waals surface area contributed by atoms with Crippen molar-refractivity contribution in [3.63, 3.8) is 0 Å². The van der Waals surface area contributed by atoms with Crippen molar-refractivity contribution in [3.05, 3.63) is 29.8 Å². The minimum atomic E-state index is 0.0931. The quantitative estimate of drug-likeness (QED) is 0.921. The molecule has 3 unspecified atom stereocenters. The van der Waals surface area contributed by atoms with Crippen molar-refractivity contribution in [2.45, 2.75) is 37.8 Å². The zero-order chi connectivity index (χ0) is 14.7. The van der Waals surface area contributed by atoms with Crippen LogP contribution in [0.5, 0.6) is 5.75 Å². The van der Waals surface area contributed by atoms with Crippen LogP contribution in [0.1, 0.15) is 31.2 Å². The summed E-state index contributed by atoms with van der Waals surface area (Å²) in [6.45, 7) is 6.86. The molecular formula is C17H26N2O2. The molecule has 1 aromatic rings. The number of nitrogens with zero attached hydrogens (tertiary/aromatic N) is 1. The minimum Gasteiger partial charge on any atom is -0.493 e. The summed E-state index contributed by atoms with van der Waals surface area (Å²) in [5.41, 5.74) is 7.77. The second-order valence-electron chi connectivity index (χ2n) is 6.07. The standard InChI is InChI=1S/C17H26N2O2/c1-2-19-8-10-21-17(12-19)15(18)11-13-7-9-20-16-6-4-3-5-14(13)16/h3-6,13,15,17H,2,7-12,18H2,1H3. The molecule has 0 radical (unpaired) electrons. The molecule has 1 fully saturated rings. The lowest BCUT2D eigenvalue weighted by molar-refractivity contribution is -0.0411. The molecule has 0 saturated carbocycles. The molecule has 2 N–H and O–H groups in total. The van der Waals surface area contributed by atoms with Crippen LogP contribution in [-0.2, 0) is 4.74 Å². The molecule has 0 bridgehead atoms. The van der Waals surface area contributed by atoms with E-state index < -0.39 is 0 Å². The van der Waals surface area contributed by atoms with Crippen molar-refractivity contribution in [1.29, 1.82) is 0 Å². The van der Waals surface area contributed by atoms with E-state index in [0.29, 0.717) is 5.92 Å². The normalized spacial score (nSPS) is 27.7. The molecule has 2 aliphatic rings. The van der Waals surface area contributed by atoms with Gasteiger partial charge in [-0.3, -0.25) is 4.90 Å². The second-order valence-corrected chi connectivity index (χ2v) is 6.07. The van der Waals surface area contributed by atoms with Gasteiger partial charge in [0.2, 0.25) is 0 Å². The van der Waals surface area contributed by atoms with Gasteiger partial charge in [-0.1, -0.05) is 25.1 Å². The highest BCUT2D eigenvalue weighted by molar-refractivity contribution is 5.37. The third-order valence-electron chi connectivity index (χ3n) is 4.74. The number of hydrogen-bond donors (Lipinski definition) is 1. The predicted molar refractivity (Wildman–Crippen MR) is 83.7 cm³/mol. The van der Waals surface area contributed by atoms with Crippen LogP contribution in [0.3, 0.4) is 0 Å². The highest BCUT2D eigenvalue weighted by Gasteiger charge is 2.29. The first-order chi connectivity index (χ1) is 10.3. The van der Waals surface area contributed by atoms with Gasteiger partial charge < -0.3 is 15.2 Å². The molecule has 2 heterocycles. The lowest BCUT2D eigenvalue weighted by atomic mass is 9.86. The Balaban J connectivity index is 1.64. The lowest BCUT2D eigenvalue weighted by Crippen LogP contribution is -2.51. The molecule has 4 heteroatoms. The number of para-hydroxylation sites is 1. The van der Waals surface area contributed by atoms with E-state index in [2.05, 4.69) is 30.0 Å². The number of fused-ring (bicyclic) bond motifs is 1. The summed E-state index contributed by atoms with van der Waals surface area (Å²) in [6, 6.07) is 8.44. The van der Waals surface area contributed by atoms with Crippen LogP contribution >= 0.6 is 0 Å². The summed E-state index contributed by atoms with van der Waals surface area (Å²) in [6.07, 6.45) is 2.19. The van der Waals surface area contributed by atoms with Gasteiger partial charge in [0.1, 0.15) is 5.75 Å². The van der Waals surface area contributed by atoms with E-state index in [1.807, 2.05) is 6.07 Å². The molecular weight excluding hydrogens is 264 g/mol. The Morgan fingerprint density at radius 3 is 3.05 bits per heavy atom. The third kappa shape index (κ3) is 3.39. The first-order valence-corrected chi connectivity index (χ1v) is 8.09. The van der Waals surface area contributed by atoms with Crippen molar-refractivity contribution >= 4 is 0 Å². The van der Waals surface area contributed by atoms with E-state index in [-0.39, 0.29) is 12.1 Å². The molecule has 0 aliphatic carbocycles. The van der Waals surface area contributed by atoms with E-state index in [1.165, 1.54) is 5.56 Å². The molecule has 116 valence electrons. The number of hydrogen-bond acceptors (Lipinski definition) is 4. The molecule has 0 spiro atoms. The molecule has 3 rings (SSSR count). The average molecular weight is 290 g/mol. The molecule has 2 aliphatic heterocycles. The molecule has 21 heavy (non-hydrogen) atoms. The highest BCUT2D eigenvalue weighted by Crippen LogP contribution is 2.36. The summed E-state index contributed by atoms with van der Waals surface area (Å²) in [5.74, 6) is 1.52. The van der Waals surface area contributed by atoms with Gasteiger partial charge in [-0.05, 0) is 36.9 Å². The number of benzene rings is 1. The number of likely N-dealkylation sites (N-methyl/N-ethyl adjacent to an activating group) is 1. The molecule has 4 nitrogen and oxygen atoms in total. The molecule has 0 amide bonds. The van der Waals surface area contributed by atoms with E-state index in [9.17, 15) is 0 Å². The van der Waals surface area contributed by atoms with Gasteiger partial charge >= 0.3 is 0 Å². The Bertz CT molecular complexity index is 466. The van der Waals surface area contributed by atoms with Crippen molar-refractivity contribution < 1.29 is 9.47 Å². The fourth-order valence-electron chi connectivity index (χ4n) is 3.42. The van der Waals surface area contributed by atoms with Crippen LogP contribution in [0.2, 0.25) is 0 Å². The molecule has 1 saturated heterocycles. The summed E-state index contributed by atoms with van der Waals surface area (Å²) in [4.78, 5) is 2.42. The number of morpholine rings is 1. The Hall–Kier alpha value is -1.10. The smallest absolute Gasteiger partial charge is 0.122 e. The van der Waals surface area contributed by atoms with Gasteiger partial charge in [-0.25, -0.2) is 0 Å². The van der Waals surface area contributed by atoms with Crippen molar-refractivity contribution in [3.8, 4) is 5.75 Å². The summed E-state index contributed by atoms with van der Waals surface area (Å²) < 4.78 is 11.6. The van der Waals surface area contributed by atoms with E-state index >= 15 is 0 Å². The summed E-state index contributed by atoms with van der Waals surface area (Å²) >= 11 is 0. The highest BCUT2D eigenvalue weighted by atomic mass is 16.5. The van der Waals surface area contributed by atoms with Crippen LogP contribution in [0, 0.1) is 0 Å². The largest absolute Gasteiger partial charge is 0.493 e. The van der Waals surface area contributed by atoms with Gasteiger partial charge in [0, 0.05) is 19.1 Å². The van der Waals surface area contributed by atoms with Crippen LogP contribution < -0.4 is 10.5 Å². The Morgan fingerprint density at radius 1 is 1.33 bits per heavy atom. The maximum Gasteiger partial charge on any atom is 0.122 e. The maximum absolute atomic E-state index is 6.46. The summed E-state index contributed by atoms with van der Waals surface area (Å²) in [5, 5.41) is 0. The zero-order valence-electron chi connectivity index (χ0n) is 12.8. The Morgan fingerprint density at radius 2 is 2.19 bits per heavy atom. The summed E-state index contributed by atoms with van der Waals surface area (Å²) in [7, 11) is 0. The molecule has 1 aromatic carbocycles. The number of rotatable bonds is 4. The van der Waals surface area contributed by atoms with Crippen molar-refractivity contribution in [2.24, 2.45) is 5.73 Å². The van der Waals surface area contributed by atoms with Crippen molar-refractivity contribution in [2.75, 3.05) is 32.8 Å². The third-order valence-corrected chi connectivity index (χ3v) is 4.74. The molecule has 3 atom stereocenters. The van der Waals surface area contributed by atoms with Crippen LogP contribution in [-0.4, -0.2) is 49.9 Å². The van der Waals surface area contributed by atoms with Gasteiger partial charge in [0.05, 0.1) is 19.3 Å². The minimum absolute atomic E-state index is 0.0931. The van der Waals surface area contributed by atoms with E-state index in [1.54, 1.807) is 0 Å². The predicted octanol–water partition coefficient (Wildman–Crippen LogP) is 1.99. The maximum atomic E-state index is 6.46. The lowest BCUT2D eigenvalue weighted by Gasteiger charge is -2.37.